The summed E-state index contributed by atoms with van der Waals surface area (Å²) in [5.74, 6) is 0.621. The fraction of sp³-hybridized carbons (Fsp3) is 0.310. The van der Waals surface area contributed by atoms with Crippen LogP contribution in [0.2, 0.25) is 0 Å². The van der Waals surface area contributed by atoms with Gasteiger partial charge in [-0.05, 0) is 48.0 Å². The van der Waals surface area contributed by atoms with Gasteiger partial charge in [-0.3, -0.25) is 4.98 Å². The van der Waals surface area contributed by atoms with Crippen LogP contribution in [-0.2, 0) is 9.47 Å². The molecule has 0 aliphatic carbocycles. The van der Waals surface area contributed by atoms with Gasteiger partial charge in [0.1, 0.15) is 17.9 Å². The van der Waals surface area contributed by atoms with Crippen LogP contribution in [0.15, 0.2) is 60.8 Å². The minimum Gasteiger partial charge on any atom is -0.489 e. The molecule has 0 spiro atoms. The summed E-state index contributed by atoms with van der Waals surface area (Å²) in [6.07, 6.45) is 3.57. The van der Waals surface area contributed by atoms with Crippen molar-refractivity contribution < 1.29 is 14.2 Å². The molecule has 0 bridgehead atoms. The second-order valence-corrected chi connectivity index (χ2v) is 9.20. The summed E-state index contributed by atoms with van der Waals surface area (Å²) in [7, 11) is 0. The summed E-state index contributed by atoms with van der Waals surface area (Å²) in [4.78, 5) is 10.6. The first-order valence-corrected chi connectivity index (χ1v) is 12.5. The van der Waals surface area contributed by atoms with Crippen LogP contribution in [0.1, 0.15) is 18.4 Å². The van der Waals surface area contributed by atoms with Gasteiger partial charge in [0.05, 0.1) is 37.7 Å². The van der Waals surface area contributed by atoms with Crippen LogP contribution < -0.4 is 9.64 Å². The maximum absolute atomic E-state index is 9.81. The summed E-state index contributed by atoms with van der Waals surface area (Å²) in [6, 6.07) is 20.8. The number of aromatic nitrogens is 2. The van der Waals surface area contributed by atoms with Gasteiger partial charge in [0.25, 0.3) is 0 Å². The first-order valence-electron chi connectivity index (χ1n) is 12.5. The van der Waals surface area contributed by atoms with Gasteiger partial charge in [0, 0.05) is 60.0 Å². The number of nitrogens with one attached hydrogen (secondary N) is 1. The molecule has 2 aliphatic rings. The van der Waals surface area contributed by atoms with E-state index in [0.29, 0.717) is 24.5 Å². The van der Waals surface area contributed by atoms with E-state index >= 15 is 0 Å². The van der Waals surface area contributed by atoms with E-state index in [1.165, 1.54) is 5.69 Å². The van der Waals surface area contributed by atoms with Gasteiger partial charge in [0.15, 0.2) is 0 Å². The Bertz CT molecular complexity index is 1390. The highest BCUT2D eigenvalue weighted by Crippen LogP contribution is 2.34. The van der Waals surface area contributed by atoms with E-state index in [0.717, 1.165) is 72.6 Å². The van der Waals surface area contributed by atoms with Crippen molar-refractivity contribution in [2.75, 3.05) is 44.4 Å². The van der Waals surface area contributed by atoms with Crippen LogP contribution in [0.25, 0.3) is 33.4 Å². The van der Waals surface area contributed by atoms with E-state index in [2.05, 4.69) is 51.3 Å². The van der Waals surface area contributed by atoms with Crippen LogP contribution in [0.5, 0.6) is 5.75 Å². The Balaban J connectivity index is 1.29. The van der Waals surface area contributed by atoms with Crippen molar-refractivity contribution in [2.24, 2.45) is 0 Å². The van der Waals surface area contributed by atoms with Crippen molar-refractivity contribution in [1.82, 2.24) is 9.97 Å². The predicted octanol–water partition coefficient (Wildman–Crippen LogP) is 5.16. The van der Waals surface area contributed by atoms with E-state index in [1.807, 2.05) is 24.3 Å². The van der Waals surface area contributed by atoms with Gasteiger partial charge >= 0.3 is 0 Å². The Hall–Kier alpha value is -3.86. The topological polar surface area (TPSA) is 83.4 Å². The molecule has 2 aromatic heterocycles. The van der Waals surface area contributed by atoms with E-state index in [1.54, 1.807) is 6.20 Å². The number of fused-ring (bicyclic) bond motifs is 1. The molecule has 4 aromatic rings. The highest BCUT2D eigenvalue weighted by molar-refractivity contribution is 5.96. The summed E-state index contributed by atoms with van der Waals surface area (Å²) < 4.78 is 17.0. The fourth-order valence-electron chi connectivity index (χ4n) is 4.95. The zero-order valence-corrected chi connectivity index (χ0v) is 20.1. The second-order valence-electron chi connectivity index (χ2n) is 9.20. The molecule has 1 N–H and O–H groups in total. The van der Waals surface area contributed by atoms with E-state index < -0.39 is 0 Å². The molecule has 4 heterocycles. The van der Waals surface area contributed by atoms with Gasteiger partial charge in [-0.25, -0.2) is 0 Å². The number of hydrogen-bond acceptors (Lipinski definition) is 6. The Kier molecular flexibility index (Phi) is 6.29. The van der Waals surface area contributed by atoms with Crippen molar-refractivity contribution in [3.8, 4) is 34.3 Å². The van der Waals surface area contributed by atoms with Crippen LogP contribution in [-0.4, -0.2) is 55.6 Å². The first-order chi connectivity index (χ1) is 17.8. The number of benzene rings is 2. The van der Waals surface area contributed by atoms with Crippen molar-refractivity contribution in [3.63, 3.8) is 0 Å². The zero-order chi connectivity index (χ0) is 24.3. The fourth-order valence-corrected chi connectivity index (χ4v) is 4.95. The van der Waals surface area contributed by atoms with E-state index in [4.69, 9.17) is 14.2 Å². The molecule has 2 aromatic carbocycles. The Labute approximate surface area is 210 Å². The molecule has 7 heteroatoms. The van der Waals surface area contributed by atoms with Gasteiger partial charge in [0.2, 0.25) is 0 Å². The van der Waals surface area contributed by atoms with Gasteiger partial charge in [-0.1, -0.05) is 12.1 Å². The minimum atomic E-state index is 0.0834. The summed E-state index contributed by atoms with van der Waals surface area (Å²) >= 11 is 0. The average molecular weight is 481 g/mol. The third-order valence-electron chi connectivity index (χ3n) is 6.94. The maximum Gasteiger partial charge on any atom is 0.137 e. The van der Waals surface area contributed by atoms with E-state index in [9.17, 15) is 5.26 Å². The molecule has 0 amide bonds. The van der Waals surface area contributed by atoms with Crippen LogP contribution in [0.4, 0.5) is 5.69 Å². The number of ether oxygens (including phenoxy) is 3. The highest BCUT2D eigenvalue weighted by Gasteiger charge is 2.18. The molecule has 36 heavy (non-hydrogen) atoms. The lowest BCUT2D eigenvalue weighted by atomic mass is 10.0. The maximum atomic E-state index is 9.81. The number of rotatable bonds is 5. The smallest absolute Gasteiger partial charge is 0.137 e. The number of nitrogens with zero attached hydrogens (tertiary/aromatic N) is 3. The number of pyridine rings is 1. The molecule has 6 rings (SSSR count). The van der Waals surface area contributed by atoms with Crippen LogP contribution >= 0.6 is 0 Å². The standard InChI is InChI=1S/C29H28N4O3/c30-19-22-17-21(3-6-28(22)36-24-8-13-34-14-9-24)29-25-18-27(32-26(25)7-10-31-29)20-1-4-23(5-2-20)33-11-15-35-16-12-33/h1-7,10,17-18,24,32H,8-9,11-16H2. The summed E-state index contributed by atoms with van der Waals surface area (Å²) in [5, 5.41) is 10.8. The minimum absolute atomic E-state index is 0.0834. The lowest BCUT2D eigenvalue weighted by molar-refractivity contribution is 0.0254. The third-order valence-corrected chi connectivity index (χ3v) is 6.94. The Morgan fingerprint density at radius 1 is 0.917 bits per heavy atom. The molecular formula is C29H28N4O3. The zero-order valence-electron chi connectivity index (χ0n) is 20.1. The summed E-state index contributed by atoms with van der Waals surface area (Å²) in [5.41, 5.74) is 6.63. The molecule has 182 valence electrons. The Morgan fingerprint density at radius 2 is 1.67 bits per heavy atom. The van der Waals surface area contributed by atoms with Crippen molar-refractivity contribution in [2.45, 2.75) is 18.9 Å². The molecule has 0 atom stereocenters. The SMILES string of the molecule is N#Cc1cc(-c2nccc3[nH]c(-c4ccc(N5CCOCC5)cc4)cc23)ccc1OC1CCOCC1. The van der Waals surface area contributed by atoms with Crippen molar-refractivity contribution in [1.29, 1.82) is 5.26 Å². The molecule has 0 saturated carbocycles. The Morgan fingerprint density at radius 3 is 2.44 bits per heavy atom. The third kappa shape index (κ3) is 4.53. The number of anilines is 1. The number of H-pyrrole nitrogens is 1. The van der Waals surface area contributed by atoms with Gasteiger partial charge in [-0.2, -0.15) is 5.26 Å². The molecule has 7 nitrogen and oxygen atoms in total. The van der Waals surface area contributed by atoms with Gasteiger partial charge in [-0.15, -0.1) is 0 Å². The second kappa shape index (κ2) is 10.0. The van der Waals surface area contributed by atoms with Gasteiger partial charge < -0.3 is 24.1 Å². The molecule has 2 fully saturated rings. The first kappa shape index (κ1) is 22.6. The number of hydrogen-bond donors (Lipinski definition) is 1. The predicted molar refractivity (Wildman–Crippen MR) is 139 cm³/mol. The molecular weight excluding hydrogens is 452 g/mol. The van der Waals surface area contributed by atoms with Crippen molar-refractivity contribution in [3.05, 3.63) is 66.4 Å². The van der Waals surface area contributed by atoms with Crippen LogP contribution in [0, 0.1) is 11.3 Å². The molecule has 0 radical (unpaired) electrons. The quantitative estimate of drug-likeness (QED) is 0.425. The monoisotopic (exact) mass is 480 g/mol. The molecule has 0 unspecified atom stereocenters. The number of nitriles is 1. The molecule has 2 saturated heterocycles. The largest absolute Gasteiger partial charge is 0.489 e. The lowest BCUT2D eigenvalue weighted by Crippen LogP contribution is -2.36. The normalized spacial score (nSPS) is 16.7. The highest BCUT2D eigenvalue weighted by atomic mass is 16.5. The number of aromatic amines is 1. The van der Waals surface area contributed by atoms with Crippen LogP contribution in [0.3, 0.4) is 0 Å². The van der Waals surface area contributed by atoms with E-state index in [-0.39, 0.29) is 6.10 Å². The average Bonchev–Trinajstić information content (AvgIpc) is 3.39. The summed E-state index contributed by atoms with van der Waals surface area (Å²) in [6.45, 7) is 4.78. The molecule has 2 aliphatic heterocycles. The lowest BCUT2D eigenvalue weighted by Gasteiger charge is -2.28. The van der Waals surface area contributed by atoms with Crippen molar-refractivity contribution >= 4 is 16.6 Å². The number of morpholine rings is 1.